The van der Waals surface area contributed by atoms with Crippen molar-refractivity contribution in [2.24, 2.45) is 0 Å². The average molecular weight is 178 g/mol. The van der Waals surface area contributed by atoms with Crippen molar-refractivity contribution in [2.45, 2.75) is 6.42 Å². The second-order valence-corrected chi connectivity index (χ2v) is 3.37. The van der Waals surface area contributed by atoms with E-state index in [1.807, 2.05) is 13.1 Å². The minimum absolute atomic E-state index is 0.872. The minimum atomic E-state index is 0.872. The van der Waals surface area contributed by atoms with Crippen molar-refractivity contribution in [3.05, 3.63) is 29.6 Å². The van der Waals surface area contributed by atoms with Gasteiger partial charge in [-0.1, -0.05) is 18.3 Å². The first kappa shape index (κ1) is 7.68. The highest BCUT2D eigenvalue weighted by Crippen LogP contribution is 2.15. The molecule has 2 rings (SSSR count). The molecule has 0 bridgehead atoms. The van der Waals surface area contributed by atoms with E-state index in [2.05, 4.69) is 16.0 Å². The van der Waals surface area contributed by atoms with Crippen LogP contribution in [0.25, 0.3) is 0 Å². The zero-order chi connectivity index (χ0) is 8.55. The van der Waals surface area contributed by atoms with Gasteiger partial charge >= 0.3 is 0 Å². The number of pyridine rings is 1. The third-order valence-corrected chi connectivity index (χ3v) is 2.66. The third kappa shape index (κ3) is 1.10. The van der Waals surface area contributed by atoms with Crippen LogP contribution in [0, 0.1) is 0 Å². The molecule has 0 radical (unpaired) electrons. The molecule has 2 heterocycles. The molecule has 0 atom stereocenters. The fourth-order valence-electron chi connectivity index (χ4n) is 1.40. The van der Waals surface area contributed by atoms with E-state index < -0.39 is 0 Å². The summed E-state index contributed by atoms with van der Waals surface area (Å²) < 4.78 is 0. The van der Waals surface area contributed by atoms with E-state index >= 15 is 0 Å². The molecular formula is C9H10N2S. The molecular weight excluding hydrogens is 168 g/mol. The minimum Gasteiger partial charge on any atom is -0.364 e. The SMILES string of the molecule is CN1CCc2cccnc2C1=S. The number of nitrogens with zero attached hydrogens (tertiary/aromatic N) is 2. The summed E-state index contributed by atoms with van der Waals surface area (Å²) in [6.07, 6.45) is 2.85. The number of rotatable bonds is 0. The number of aromatic nitrogens is 1. The number of thiocarbonyl (C=S) groups is 1. The van der Waals surface area contributed by atoms with E-state index in [-0.39, 0.29) is 0 Å². The Kier molecular flexibility index (Phi) is 1.81. The molecule has 62 valence electrons. The van der Waals surface area contributed by atoms with Gasteiger partial charge in [-0.2, -0.15) is 0 Å². The molecule has 0 unspecified atom stereocenters. The van der Waals surface area contributed by atoms with Crippen molar-refractivity contribution in [3.8, 4) is 0 Å². The van der Waals surface area contributed by atoms with E-state index in [1.54, 1.807) is 6.20 Å². The number of hydrogen-bond donors (Lipinski definition) is 0. The smallest absolute Gasteiger partial charge is 0.127 e. The maximum atomic E-state index is 5.25. The second kappa shape index (κ2) is 2.83. The highest BCUT2D eigenvalue weighted by molar-refractivity contribution is 7.80. The van der Waals surface area contributed by atoms with Gasteiger partial charge in [-0.15, -0.1) is 0 Å². The summed E-state index contributed by atoms with van der Waals surface area (Å²) in [7, 11) is 2.01. The quantitative estimate of drug-likeness (QED) is 0.556. The normalized spacial score (nSPS) is 16.1. The molecule has 0 N–H and O–H groups in total. The van der Waals surface area contributed by atoms with Crippen LogP contribution in [0.2, 0.25) is 0 Å². The first-order valence-corrected chi connectivity index (χ1v) is 4.39. The lowest BCUT2D eigenvalue weighted by Crippen LogP contribution is -2.34. The van der Waals surface area contributed by atoms with E-state index in [9.17, 15) is 0 Å². The Morgan fingerprint density at radius 2 is 2.42 bits per heavy atom. The van der Waals surface area contributed by atoms with Gasteiger partial charge in [0.15, 0.2) is 0 Å². The van der Waals surface area contributed by atoms with Crippen LogP contribution in [-0.4, -0.2) is 28.5 Å². The molecule has 2 nitrogen and oxygen atoms in total. The Labute approximate surface area is 77.2 Å². The Morgan fingerprint density at radius 3 is 3.25 bits per heavy atom. The van der Waals surface area contributed by atoms with Crippen molar-refractivity contribution in [3.63, 3.8) is 0 Å². The van der Waals surface area contributed by atoms with Crippen LogP contribution in [0.4, 0.5) is 0 Å². The van der Waals surface area contributed by atoms with E-state index in [0.717, 1.165) is 23.6 Å². The predicted molar refractivity (Wildman–Crippen MR) is 52.3 cm³/mol. The number of hydrogen-bond acceptors (Lipinski definition) is 2. The highest BCUT2D eigenvalue weighted by Gasteiger charge is 2.17. The molecule has 0 fully saturated rings. The fourth-order valence-corrected chi connectivity index (χ4v) is 1.68. The van der Waals surface area contributed by atoms with Crippen LogP contribution in [0.15, 0.2) is 18.3 Å². The van der Waals surface area contributed by atoms with E-state index in [4.69, 9.17) is 12.2 Å². The lowest BCUT2D eigenvalue weighted by molar-refractivity contribution is 0.502. The molecule has 0 spiro atoms. The van der Waals surface area contributed by atoms with E-state index in [1.165, 1.54) is 5.56 Å². The summed E-state index contributed by atoms with van der Waals surface area (Å²) in [5, 5.41) is 0. The van der Waals surface area contributed by atoms with Gasteiger partial charge in [-0.05, 0) is 18.1 Å². The topological polar surface area (TPSA) is 16.1 Å². The molecule has 1 aliphatic rings. The third-order valence-electron chi connectivity index (χ3n) is 2.16. The Hall–Kier alpha value is -0.960. The van der Waals surface area contributed by atoms with Gasteiger partial charge < -0.3 is 4.90 Å². The van der Waals surface area contributed by atoms with Crippen LogP contribution < -0.4 is 0 Å². The maximum absolute atomic E-state index is 5.25. The largest absolute Gasteiger partial charge is 0.364 e. The monoisotopic (exact) mass is 178 g/mol. The summed E-state index contributed by atoms with van der Waals surface area (Å²) >= 11 is 5.25. The molecule has 3 heteroatoms. The molecule has 0 aliphatic carbocycles. The van der Waals surface area contributed by atoms with Crippen LogP contribution in [0.3, 0.4) is 0 Å². The van der Waals surface area contributed by atoms with Gasteiger partial charge in [0.2, 0.25) is 0 Å². The number of fused-ring (bicyclic) bond motifs is 1. The van der Waals surface area contributed by atoms with Crippen LogP contribution in [0.1, 0.15) is 11.3 Å². The lowest BCUT2D eigenvalue weighted by Gasteiger charge is -2.26. The van der Waals surface area contributed by atoms with Crippen molar-refractivity contribution in [1.82, 2.24) is 9.88 Å². The zero-order valence-electron chi connectivity index (χ0n) is 6.95. The standard InChI is InChI=1S/C9H10N2S/c1-11-6-4-7-3-2-5-10-8(7)9(11)12/h2-3,5H,4,6H2,1H3. The summed E-state index contributed by atoms with van der Waals surface area (Å²) in [6, 6.07) is 4.06. The Balaban J connectivity index is 2.49. The molecule has 1 aromatic heterocycles. The summed E-state index contributed by atoms with van der Waals surface area (Å²) in [4.78, 5) is 7.21. The molecule has 12 heavy (non-hydrogen) atoms. The molecule has 0 saturated heterocycles. The first-order valence-electron chi connectivity index (χ1n) is 3.98. The second-order valence-electron chi connectivity index (χ2n) is 2.99. The summed E-state index contributed by atoms with van der Waals surface area (Å²) in [5.41, 5.74) is 2.27. The first-order chi connectivity index (χ1) is 5.79. The molecule has 1 aliphatic heterocycles. The fraction of sp³-hybridized carbons (Fsp3) is 0.333. The maximum Gasteiger partial charge on any atom is 0.127 e. The van der Waals surface area contributed by atoms with Gasteiger partial charge in [0.05, 0.1) is 0 Å². The highest BCUT2D eigenvalue weighted by atomic mass is 32.1. The van der Waals surface area contributed by atoms with Crippen LogP contribution in [-0.2, 0) is 6.42 Å². The van der Waals surface area contributed by atoms with E-state index in [0.29, 0.717) is 0 Å². The van der Waals surface area contributed by atoms with Gasteiger partial charge in [0.25, 0.3) is 0 Å². The Bertz CT molecular complexity index is 322. The molecule has 1 aromatic rings. The summed E-state index contributed by atoms with van der Waals surface area (Å²) in [6.45, 7) is 1.01. The lowest BCUT2D eigenvalue weighted by atomic mass is 10.1. The van der Waals surface area contributed by atoms with Crippen molar-refractivity contribution in [1.29, 1.82) is 0 Å². The average Bonchev–Trinajstić information content (AvgIpc) is 2.12. The van der Waals surface area contributed by atoms with Gasteiger partial charge in [0, 0.05) is 19.8 Å². The molecule has 0 amide bonds. The molecule has 0 saturated carbocycles. The van der Waals surface area contributed by atoms with Crippen molar-refractivity contribution in [2.75, 3.05) is 13.6 Å². The van der Waals surface area contributed by atoms with Gasteiger partial charge in [0.1, 0.15) is 10.7 Å². The van der Waals surface area contributed by atoms with Crippen molar-refractivity contribution < 1.29 is 0 Å². The van der Waals surface area contributed by atoms with Gasteiger partial charge in [-0.25, -0.2) is 0 Å². The molecule has 0 aromatic carbocycles. The van der Waals surface area contributed by atoms with Gasteiger partial charge in [-0.3, -0.25) is 4.98 Å². The van der Waals surface area contributed by atoms with Crippen LogP contribution in [0.5, 0.6) is 0 Å². The van der Waals surface area contributed by atoms with Crippen molar-refractivity contribution >= 4 is 17.2 Å². The summed E-state index contributed by atoms with van der Waals surface area (Å²) in [5.74, 6) is 0. The predicted octanol–water partition coefficient (Wildman–Crippen LogP) is 1.24. The van der Waals surface area contributed by atoms with Crippen LogP contribution >= 0.6 is 12.2 Å². The Morgan fingerprint density at radius 1 is 1.58 bits per heavy atom. The zero-order valence-corrected chi connectivity index (χ0v) is 7.77. The number of likely N-dealkylation sites (N-methyl/N-ethyl adjacent to an activating group) is 1.